The highest BCUT2D eigenvalue weighted by Crippen LogP contribution is 2.37. The van der Waals surface area contributed by atoms with Crippen molar-refractivity contribution in [3.63, 3.8) is 0 Å². The highest BCUT2D eigenvalue weighted by Gasteiger charge is 2.35. The van der Waals surface area contributed by atoms with Gasteiger partial charge < -0.3 is 5.73 Å². The first kappa shape index (κ1) is 13.1. The van der Waals surface area contributed by atoms with E-state index >= 15 is 0 Å². The van der Waals surface area contributed by atoms with Crippen LogP contribution in [0.1, 0.15) is 23.4 Å². The zero-order valence-electron chi connectivity index (χ0n) is 10.4. The first-order valence-electron chi connectivity index (χ1n) is 5.92. The average molecular weight is 314 g/mol. The number of nitrogens with two attached hydrogens (primary N) is 1. The molecule has 3 heterocycles. The molecule has 0 spiro atoms. The molecule has 1 atom stereocenters. The Balaban J connectivity index is 2.00. The fourth-order valence-corrected chi connectivity index (χ4v) is 6.18. The molecule has 102 valence electrons. The molecule has 2 aromatic rings. The molecule has 1 aliphatic heterocycles. The van der Waals surface area contributed by atoms with E-state index in [0.717, 1.165) is 12.0 Å². The van der Waals surface area contributed by atoms with Crippen molar-refractivity contribution in [2.24, 2.45) is 0 Å². The van der Waals surface area contributed by atoms with Crippen LogP contribution in [-0.2, 0) is 16.4 Å². The summed E-state index contributed by atoms with van der Waals surface area (Å²) in [5, 5.41) is 3.69. The Hall–Kier alpha value is -0.890. The summed E-state index contributed by atoms with van der Waals surface area (Å²) < 4.78 is 27.2. The van der Waals surface area contributed by atoms with Crippen LogP contribution in [0, 0.1) is 0 Å². The number of hydrogen-bond donors (Lipinski definition) is 1. The summed E-state index contributed by atoms with van der Waals surface area (Å²) in [6.45, 7) is 2.48. The van der Waals surface area contributed by atoms with Crippen molar-refractivity contribution in [1.29, 1.82) is 0 Å². The summed E-state index contributed by atoms with van der Waals surface area (Å²) in [5.74, 6) is 0. The lowest BCUT2D eigenvalue weighted by molar-refractivity contribution is 0.330. The van der Waals surface area contributed by atoms with E-state index in [4.69, 9.17) is 5.73 Å². The van der Waals surface area contributed by atoms with Gasteiger partial charge in [0, 0.05) is 28.5 Å². The summed E-state index contributed by atoms with van der Waals surface area (Å²) in [7, 11) is -3.43. The van der Waals surface area contributed by atoms with Crippen LogP contribution in [0.5, 0.6) is 0 Å². The van der Waals surface area contributed by atoms with Crippen molar-refractivity contribution in [3.8, 4) is 0 Å². The Labute approximate surface area is 120 Å². The van der Waals surface area contributed by atoms with E-state index in [1.165, 1.54) is 22.3 Å². The minimum atomic E-state index is -3.43. The number of rotatable bonds is 2. The summed E-state index contributed by atoms with van der Waals surface area (Å²) in [5.41, 5.74) is 7.26. The Morgan fingerprint density at radius 2 is 2.21 bits per heavy atom. The van der Waals surface area contributed by atoms with Gasteiger partial charge in [0.25, 0.3) is 10.0 Å². The topological polar surface area (TPSA) is 63.4 Å². The van der Waals surface area contributed by atoms with E-state index in [2.05, 4.69) is 0 Å². The second-order valence-corrected chi connectivity index (χ2v) is 8.57. The summed E-state index contributed by atoms with van der Waals surface area (Å²) in [6.07, 6.45) is 0.789. The average Bonchev–Trinajstić information content (AvgIpc) is 2.97. The first-order valence-corrected chi connectivity index (χ1v) is 9.12. The van der Waals surface area contributed by atoms with E-state index in [1.807, 2.05) is 18.4 Å². The molecule has 0 saturated carbocycles. The van der Waals surface area contributed by atoms with Gasteiger partial charge in [0.05, 0.1) is 0 Å². The quantitative estimate of drug-likeness (QED) is 0.927. The van der Waals surface area contributed by atoms with Gasteiger partial charge in [-0.1, -0.05) is 0 Å². The molecular weight excluding hydrogens is 300 g/mol. The number of nitrogen functional groups attached to an aromatic ring is 1. The number of thiophene rings is 2. The molecule has 0 aromatic carbocycles. The highest BCUT2D eigenvalue weighted by atomic mass is 32.2. The van der Waals surface area contributed by atoms with Gasteiger partial charge in [0.15, 0.2) is 0 Å². The van der Waals surface area contributed by atoms with Crippen molar-refractivity contribution in [2.75, 3.05) is 12.3 Å². The largest absolute Gasteiger partial charge is 0.398 e. The molecule has 3 rings (SSSR count). The standard InChI is InChI=1S/C12H14N2O2S3/c1-8-10-3-5-17-11(10)2-4-14(8)19(15,16)12-6-9(13)7-18-12/h3,5-8H,2,4,13H2,1H3. The predicted molar refractivity (Wildman–Crippen MR) is 79.1 cm³/mol. The molecule has 0 bridgehead atoms. The molecule has 0 fully saturated rings. The van der Waals surface area contributed by atoms with E-state index in [1.54, 1.807) is 21.0 Å². The van der Waals surface area contributed by atoms with Crippen LogP contribution < -0.4 is 5.73 Å². The molecule has 1 aliphatic rings. The highest BCUT2D eigenvalue weighted by molar-refractivity contribution is 7.91. The molecule has 0 saturated heterocycles. The van der Waals surface area contributed by atoms with Gasteiger partial charge in [-0.3, -0.25) is 0 Å². The first-order chi connectivity index (χ1) is 9.00. The molecule has 2 aromatic heterocycles. The summed E-state index contributed by atoms with van der Waals surface area (Å²) in [6, 6.07) is 3.45. The smallest absolute Gasteiger partial charge is 0.253 e. The second kappa shape index (κ2) is 4.59. The van der Waals surface area contributed by atoms with Crippen LogP contribution in [0.25, 0.3) is 0 Å². The Bertz CT molecular complexity index is 702. The molecule has 7 heteroatoms. The summed E-state index contributed by atoms with van der Waals surface area (Å²) in [4.78, 5) is 1.30. The summed E-state index contributed by atoms with van der Waals surface area (Å²) >= 11 is 2.89. The molecule has 4 nitrogen and oxygen atoms in total. The lowest BCUT2D eigenvalue weighted by Gasteiger charge is -2.32. The molecule has 19 heavy (non-hydrogen) atoms. The maximum absolute atomic E-state index is 12.6. The minimum Gasteiger partial charge on any atom is -0.398 e. The van der Waals surface area contributed by atoms with Gasteiger partial charge >= 0.3 is 0 Å². The van der Waals surface area contributed by atoms with Crippen molar-refractivity contribution in [1.82, 2.24) is 4.31 Å². The number of sulfonamides is 1. The maximum atomic E-state index is 12.6. The van der Waals surface area contributed by atoms with Crippen LogP contribution in [0.2, 0.25) is 0 Å². The maximum Gasteiger partial charge on any atom is 0.253 e. The van der Waals surface area contributed by atoms with E-state index in [0.29, 0.717) is 16.4 Å². The Kier molecular flexibility index (Phi) is 3.17. The SMILES string of the molecule is CC1c2ccsc2CCN1S(=O)(=O)c1cc(N)cs1. The normalized spacial score (nSPS) is 20.4. The third-order valence-electron chi connectivity index (χ3n) is 3.38. The molecular formula is C12H14N2O2S3. The Morgan fingerprint density at radius 3 is 2.89 bits per heavy atom. The van der Waals surface area contributed by atoms with Crippen molar-refractivity contribution in [2.45, 2.75) is 23.6 Å². The predicted octanol–water partition coefficient (Wildman–Crippen LogP) is 2.70. The van der Waals surface area contributed by atoms with Crippen molar-refractivity contribution < 1.29 is 8.42 Å². The molecule has 2 N–H and O–H groups in total. The van der Waals surface area contributed by atoms with Crippen molar-refractivity contribution >= 4 is 38.4 Å². The van der Waals surface area contributed by atoms with Crippen LogP contribution in [0.3, 0.4) is 0 Å². The second-order valence-electron chi connectivity index (χ2n) is 4.54. The van der Waals surface area contributed by atoms with Crippen LogP contribution in [0.4, 0.5) is 5.69 Å². The Morgan fingerprint density at radius 1 is 1.42 bits per heavy atom. The van der Waals surface area contributed by atoms with Gasteiger partial charge in [-0.15, -0.1) is 22.7 Å². The lowest BCUT2D eigenvalue weighted by Crippen LogP contribution is -2.37. The molecule has 0 aliphatic carbocycles. The van der Waals surface area contributed by atoms with Gasteiger partial charge in [-0.05, 0) is 36.4 Å². The van der Waals surface area contributed by atoms with Gasteiger partial charge in [0.2, 0.25) is 0 Å². The molecule has 1 unspecified atom stereocenters. The van der Waals surface area contributed by atoms with Gasteiger partial charge in [-0.25, -0.2) is 8.42 Å². The third-order valence-corrected chi connectivity index (χ3v) is 7.78. The lowest BCUT2D eigenvalue weighted by atomic mass is 10.0. The number of hydrogen-bond acceptors (Lipinski definition) is 5. The number of anilines is 1. The van der Waals surface area contributed by atoms with Crippen molar-refractivity contribution in [3.05, 3.63) is 33.3 Å². The number of fused-ring (bicyclic) bond motifs is 1. The zero-order chi connectivity index (χ0) is 13.6. The van der Waals surface area contributed by atoms with Crippen LogP contribution in [0.15, 0.2) is 27.1 Å². The minimum absolute atomic E-state index is 0.108. The van der Waals surface area contributed by atoms with Gasteiger partial charge in [0.1, 0.15) is 4.21 Å². The monoisotopic (exact) mass is 314 g/mol. The van der Waals surface area contributed by atoms with Crippen LogP contribution >= 0.6 is 22.7 Å². The number of nitrogens with zero attached hydrogens (tertiary/aromatic N) is 1. The van der Waals surface area contributed by atoms with E-state index in [9.17, 15) is 8.42 Å². The fraction of sp³-hybridized carbons (Fsp3) is 0.333. The molecule has 0 amide bonds. The fourth-order valence-electron chi connectivity index (χ4n) is 2.40. The molecule has 0 radical (unpaired) electrons. The van der Waals surface area contributed by atoms with E-state index in [-0.39, 0.29) is 6.04 Å². The van der Waals surface area contributed by atoms with Crippen LogP contribution in [-0.4, -0.2) is 19.3 Å². The van der Waals surface area contributed by atoms with Gasteiger partial charge in [-0.2, -0.15) is 4.31 Å². The van der Waals surface area contributed by atoms with E-state index < -0.39 is 10.0 Å². The third kappa shape index (κ3) is 2.10. The zero-order valence-corrected chi connectivity index (χ0v) is 12.8.